The smallest absolute Gasteiger partial charge is 0.469 e. The number of carbonyl (C=O) groups is 1. The van der Waals surface area contributed by atoms with Crippen LogP contribution in [0.1, 0.15) is 79.1 Å². The lowest BCUT2D eigenvalue weighted by atomic mass is 10.2. The highest BCUT2D eigenvalue weighted by molar-refractivity contribution is 6.90. The minimum Gasteiger partial charge on any atom is -0.478 e. The van der Waals surface area contributed by atoms with Gasteiger partial charge in [0.1, 0.15) is 0 Å². The van der Waals surface area contributed by atoms with Crippen molar-refractivity contribution in [2.24, 2.45) is 0 Å². The molecule has 0 bridgehead atoms. The van der Waals surface area contributed by atoms with Crippen LogP contribution in [0.3, 0.4) is 0 Å². The van der Waals surface area contributed by atoms with Crippen molar-refractivity contribution >= 4 is 39.7 Å². The maximum Gasteiger partial charge on any atom is 0.469 e. The fourth-order valence-corrected chi connectivity index (χ4v) is 22.6. The van der Waals surface area contributed by atoms with Crippen molar-refractivity contribution in [2.45, 2.75) is 143 Å². The molecular weight excluding hydrogens is 493 g/mol. The number of rotatable bonds is 20. The van der Waals surface area contributed by atoms with E-state index < -0.39 is 39.7 Å². The summed E-state index contributed by atoms with van der Waals surface area (Å²) < 4.78 is 21.5. The molecule has 0 aliphatic heterocycles. The van der Waals surface area contributed by atoms with Gasteiger partial charge in [-0.25, -0.2) is 4.79 Å². The number of hydrogen-bond donors (Lipinski definition) is 1. The van der Waals surface area contributed by atoms with Crippen LogP contribution in [0.15, 0.2) is 11.6 Å². The van der Waals surface area contributed by atoms with Crippen LogP contribution >= 0.6 is 0 Å². The van der Waals surface area contributed by atoms with Gasteiger partial charge < -0.3 is 17.5 Å². The van der Waals surface area contributed by atoms with E-state index in [9.17, 15) is 9.90 Å². The average molecular weight is 549 g/mol. The molecule has 0 unspecified atom stereocenters. The summed E-state index contributed by atoms with van der Waals surface area (Å²) in [5, 5.41) is 9.23. The number of hydrogen-bond acceptors (Lipinski definition) is 4. The molecule has 0 aromatic carbocycles. The second-order valence-electron chi connectivity index (χ2n) is 11.7. The van der Waals surface area contributed by atoms with Gasteiger partial charge in [0.05, 0.1) is 0 Å². The number of carboxylic acid groups (broad SMARTS) is 1. The van der Waals surface area contributed by atoms with Crippen molar-refractivity contribution in [1.29, 1.82) is 0 Å². The van der Waals surface area contributed by atoms with E-state index in [0.29, 0.717) is 12.0 Å². The third-order valence-electron chi connectivity index (χ3n) is 6.17. The van der Waals surface area contributed by atoms with Gasteiger partial charge in [-0.05, 0) is 77.2 Å². The summed E-state index contributed by atoms with van der Waals surface area (Å²) in [5.41, 5.74) is 0.406. The normalized spacial score (nSPS) is 14.0. The first kappa shape index (κ1) is 34.0. The van der Waals surface area contributed by atoms with Crippen LogP contribution in [0.5, 0.6) is 0 Å². The van der Waals surface area contributed by atoms with Gasteiger partial charge in [-0.15, -0.1) is 0 Å². The standard InChI is InChI=1S/C25H56O5Si4/c1-11-14-20-31(5,6)28-34(29-32(7,8)21-15-12-2,30-33(9,10)22-16-13-3)23-18-17-19-24(4)25(26)27/h19H,11-18,20-23H2,1-10H3,(H,26,27). The number of carboxylic acids is 1. The van der Waals surface area contributed by atoms with E-state index in [1.54, 1.807) is 6.92 Å². The Balaban J connectivity index is 6.12. The number of allylic oxidation sites excluding steroid dienone is 1. The fraction of sp³-hybridized carbons (Fsp3) is 0.880. The Kier molecular flexibility index (Phi) is 15.9. The average Bonchev–Trinajstić information content (AvgIpc) is 2.71. The van der Waals surface area contributed by atoms with E-state index in [2.05, 4.69) is 60.1 Å². The van der Waals surface area contributed by atoms with Crippen LogP contribution in [-0.4, -0.2) is 44.8 Å². The quantitative estimate of drug-likeness (QED) is 0.0935. The largest absolute Gasteiger partial charge is 0.478 e. The minimum atomic E-state index is -2.94. The van der Waals surface area contributed by atoms with Crippen molar-refractivity contribution in [1.82, 2.24) is 0 Å². The Morgan fingerprint density at radius 3 is 1.32 bits per heavy atom. The molecule has 34 heavy (non-hydrogen) atoms. The molecule has 0 aliphatic carbocycles. The topological polar surface area (TPSA) is 65.0 Å². The van der Waals surface area contributed by atoms with Crippen LogP contribution in [0, 0.1) is 0 Å². The molecule has 0 atom stereocenters. The van der Waals surface area contributed by atoms with Crippen LogP contribution in [0.25, 0.3) is 0 Å². The van der Waals surface area contributed by atoms with Gasteiger partial charge in [-0.1, -0.05) is 65.4 Å². The molecule has 0 saturated heterocycles. The molecular formula is C25H56O5Si4. The van der Waals surface area contributed by atoms with Crippen LogP contribution < -0.4 is 0 Å². The lowest BCUT2D eigenvalue weighted by Gasteiger charge is -2.45. The van der Waals surface area contributed by atoms with Gasteiger partial charge in [0, 0.05) is 11.6 Å². The molecule has 0 aliphatic rings. The van der Waals surface area contributed by atoms with Crippen molar-refractivity contribution in [3.8, 4) is 0 Å². The summed E-state index contributed by atoms with van der Waals surface area (Å²) in [6, 6.07) is 4.15. The Morgan fingerprint density at radius 1 is 0.676 bits per heavy atom. The Morgan fingerprint density at radius 2 is 1.03 bits per heavy atom. The number of unbranched alkanes of at least 4 members (excludes halogenated alkanes) is 4. The SMILES string of the molecule is CCCC[Si](C)(C)O[Si](CCCC=C(C)C(=O)O)(O[Si](C)(C)CCCC)O[Si](C)(C)CCCC. The summed E-state index contributed by atoms with van der Waals surface area (Å²) in [6.45, 7) is 22.3. The Hall–Kier alpha value is -0.0425. The molecule has 0 fully saturated rings. The first-order valence-corrected chi connectivity index (χ1v) is 24.9. The van der Waals surface area contributed by atoms with E-state index in [1.165, 1.54) is 38.5 Å². The molecule has 5 nitrogen and oxygen atoms in total. The maximum absolute atomic E-state index is 11.2. The first-order chi connectivity index (χ1) is 15.6. The fourth-order valence-electron chi connectivity index (χ4n) is 4.16. The van der Waals surface area contributed by atoms with Crippen molar-refractivity contribution in [3.05, 3.63) is 11.6 Å². The van der Waals surface area contributed by atoms with Crippen LogP contribution in [0.4, 0.5) is 0 Å². The molecule has 202 valence electrons. The van der Waals surface area contributed by atoms with Crippen molar-refractivity contribution in [2.75, 3.05) is 0 Å². The van der Waals surface area contributed by atoms with Gasteiger partial charge in [-0.3, -0.25) is 0 Å². The second kappa shape index (κ2) is 15.9. The highest BCUT2D eigenvalue weighted by Gasteiger charge is 2.51. The Bertz CT molecular complexity index is 565. The van der Waals surface area contributed by atoms with Crippen LogP contribution in [-0.2, 0) is 17.1 Å². The molecule has 0 amide bonds. The first-order valence-electron chi connectivity index (χ1n) is 13.6. The van der Waals surface area contributed by atoms with Crippen molar-refractivity contribution < 1.29 is 22.2 Å². The zero-order valence-corrected chi connectivity index (χ0v) is 28.1. The van der Waals surface area contributed by atoms with Gasteiger partial charge >= 0.3 is 14.8 Å². The van der Waals surface area contributed by atoms with Gasteiger partial charge in [-0.2, -0.15) is 0 Å². The third kappa shape index (κ3) is 15.2. The third-order valence-corrected chi connectivity index (χ3v) is 22.2. The molecule has 9 heteroatoms. The lowest BCUT2D eigenvalue weighted by molar-refractivity contribution is -0.132. The predicted octanol–water partition coefficient (Wildman–Crippen LogP) is 8.80. The molecule has 0 heterocycles. The van der Waals surface area contributed by atoms with Crippen LogP contribution in [0.2, 0.25) is 63.5 Å². The number of aliphatic carboxylic acids is 1. The van der Waals surface area contributed by atoms with Gasteiger partial charge in [0.2, 0.25) is 0 Å². The minimum absolute atomic E-state index is 0.406. The zero-order chi connectivity index (χ0) is 26.5. The van der Waals surface area contributed by atoms with Gasteiger partial charge in [0.15, 0.2) is 25.0 Å². The van der Waals surface area contributed by atoms with E-state index in [0.717, 1.165) is 30.6 Å². The molecule has 0 rings (SSSR count). The second-order valence-corrected chi connectivity index (χ2v) is 28.0. The summed E-state index contributed by atoms with van der Waals surface area (Å²) in [5.74, 6) is -0.846. The molecule has 0 saturated carbocycles. The predicted molar refractivity (Wildman–Crippen MR) is 156 cm³/mol. The zero-order valence-electron chi connectivity index (χ0n) is 24.1. The van der Waals surface area contributed by atoms with E-state index >= 15 is 0 Å². The van der Waals surface area contributed by atoms with E-state index in [-0.39, 0.29) is 0 Å². The van der Waals surface area contributed by atoms with Crippen molar-refractivity contribution in [3.63, 3.8) is 0 Å². The summed E-state index contributed by atoms with van der Waals surface area (Å²) >= 11 is 0. The molecule has 1 N–H and O–H groups in total. The monoisotopic (exact) mass is 548 g/mol. The summed E-state index contributed by atoms with van der Waals surface area (Å²) in [6.07, 6.45) is 10.4. The molecule has 0 aromatic rings. The summed E-state index contributed by atoms with van der Waals surface area (Å²) in [4.78, 5) is 11.2. The maximum atomic E-state index is 11.2. The van der Waals surface area contributed by atoms with Gasteiger partial charge in [0.25, 0.3) is 0 Å². The van der Waals surface area contributed by atoms with E-state index in [1.807, 2.05) is 6.08 Å². The highest BCUT2D eigenvalue weighted by Crippen LogP contribution is 2.35. The molecule has 0 aromatic heterocycles. The molecule has 0 spiro atoms. The highest BCUT2D eigenvalue weighted by atomic mass is 28.5. The molecule has 0 radical (unpaired) electrons. The van der Waals surface area contributed by atoms with E-state index in [4.69, 9.17) is 12.3 Å². The lowest BCUT2D eigenvalue weighted by Crippen LogP contribution is -2.61. The Labute approximate surface area is 215 Å². The summed E-state index contributed by atoms with van der Waals surface area (Å²) in [7, 11) is -8.87.